The monoisotopic (exact) mass is 592 g/mol. The maximum atomic E-state index is 13.2. The van der Waals surface area contributed by atoms with Gasteiger partial charge in [0.25, 0.3) is 5.91 Å². The smallest absolute Gasteiger partial charge is 0.329 e. The number of hydrogen-bond donors (Lipinski definition) is 1. The zero-order chi connectivity index (χ0) is 25.8. The first kappa shape index (κ1) is 26.0. The molecule has 1 heterocycles. The van der Waals surface area contributed by atoms with Crippen LogP contribution in [0.2, 0.25) is 10.0 Å². The number of carbonyl (C=O) groups is 2. The highest BCUT2D eigenvalue weighted by Gasteiger charge is 2.33. The van der Waals surface area contributed by atoms with Gasteiger partial charge in [-0.2, -0.15) is 0 Å². The van der Waals surface area contributed by atoms with Crippen LogP contribution in [-0.4, -0.2) is 23.4 Å². The first-order chi connectivity index (χ1) is 17.2. The fraction of sp³-hybridized carbons (Fsp3) is 0.154. The van der Waals surface area contributed by atoms with Crippen LogP contribution in [0.5, 0.6) is 11.5 Å². The van der Waals surface area contributed by atoms with Crippen molar-refractivity contribution in [3.05, 3.63) is 97.3 Å². The second-order valence-corrected chi connectivity index (χ2v) is 9.47. The van der Waals surface area contributed by atoms with Crippen LogP contribution in [-0.2, 0) is 17.9 Å². The Kier molecular flexibility index (Phi) is 8.18. The van der Waals surface area contributed by atoms with Gasteiger partial charge < -0.3 is 14.8 Å². The van der Waals surface area contributed by atoms with Gasteiger partial charge in [-0.3, -0.25) is 9.69 Å². The van der Waals surface area contributed by atoms with E-state index >= 15 is 0 Å². The van der Waals surface area contributed by atoms with Gasteiger partial charge in [0.2, 0.25) is 0 Å². The van der Waals surface area contributed by atoms with Crippen molar-refractivity contribution in [1.29, 1.82) is 0 Å². The van der Waals surface area contributed by atoms with E-state index in [1.807, 2.05) is 13.0 Å². The highest BCUT2D eigenvalue weighted by molar-refractivity contribution is 9.10. The Morgan fingerprint density at radius 2 is 1.67 bits per heavy atom. The average Bonchev–Trinajstić information content (AvgIpc) is 3.11. The summed E-state index contributed by atoms with van der Waals surface area (Å²) in [7, 11) is 0. The van der Waals surface area contributed by atoms with Crippen LogP contribution in [0.15, 0.2) is 64.8 Å². The van der Waals surface area contributed by atoms with Crippen molar-refractivity contribution in [1.82, 2.24) is 10.2 Å². The quantitative estimate of drug-likeness (QED) is 0.226. The molecule has 0 aromatic heterocycles. The molecule has 1 aliphatic heterocycles. The maximum absolute atomic E-state index is 13.2. The summed E-state index contributed by atoms with van der Waals surface area (Å²) in [6.45, 7) is 2.49. The molecule has 3 aromatic rings. The Hall–Kier alpha value is -3.07. The zero-order valence-electron chi connectivity index (χ0n) is 19.0. The SMILES string of the molecule is CCOc1cc(/C=C2/NC(=O)N(Cc3ccc(F)cc3)C2=O)c(Br)cc1OCc1ccc(Cl)c(Cl)c1. The fourth-order valence-corrected chi connectivity index (χ4v) is 4.23. The average molecular weight is 594 g/mol. The second-order valence-electron chi connectivity index (χ2n) is 7.80. The lowest BCUT2D eigenvalue weighted by Gasteiger charge is -2.14. The van der Waals surface area contributed by atoms with Crippen LogP contribution >= 0.6 is 39.1 Å². The number of hydrogen-bond acceptors (Lipinski definition) is 4. The third-order valence-electron chi connectivity index (χ3n) is 5.26. The standard InChI is InChI=1S/C26H20BrCl2FN2O4/c1-2-35-23-11-17(19(27)12-24(23)36-14-16-5-8-20(28)21(29)9-16)10-22-25(33)32(26(34)31-22)13-15-3-6-18(30)7-4-15/h3-12H,2,13-14H2,1H3,(H,31,34)/b22-10+. The number of carbonyl (C=O) groups excluding carboxylic acids is 2. The van der Waals surface area contributed by atoms with Crippen LogP contribution in [0, 0.1) is 5.82 Å². The molecule has 1 aliphatic rings. The molecule has 0 bridgehead atoms. The molecule has 6 nitrogen and oxygen atoms in total. The summed E-state index contributed by atoms with van der Waals surface area (Å²) in [6, 6.07) is 13.7. The molecule has 0 unspecified atom stereocenters. The molecule has 0 aliphatic carbocycles. The van der Waals surface area contributed by atoms with E-state index in [0.29, 0.717) is 43.8 Å². The van der Waals surface area contributed by atoms with Crippen molar-refractivity contribution >= 4 is 57.1 Å². The molecule has 1 saturated heterocycles. The molecule has 0 atom stereocenters. The fourth-order valence-electron chi connectivity index (χ4n) is 3.48. The van der Waals surface area contributed by atoms with E-state index in [4.69, 9.17) is 32.7 Å². The first-order valence-corrected chi connectivity index (χ1v) is 12.4. The summed E-state index contributed by atoms with van der Waals surface area (Å²) in [6.07, 6.45) is 1.56. The Morgan fingerprint density at radius 1 is 0.972 bits per heavy atom. The van der Waals surface area contributed by atoms with Crippen LogP contribution in [0.25, 0.3) is 6.08 Å². The number of ether oxygens (including phenoxy) is 2. The largest absolute Gasteiger partial charge is 0.490 e. The lowest BCUT2D eigenvalue weighted by molar-refractivity contribution is -0.123. The van der Waals surface area contributed by atoms with Gasteiger partial charge in [0.1, 0.15) is 18.1 Å². The lowest BCUT2D eigenvalue weighted by atomic mass is 10.1. The van der Waals surface area contributed by atoms with Crippen molar-refractivity contribution in [2.24, 2.45) is 0 Å². The molecule has 1 fully saturated rings. The number of urea groups is 1. The Bertz CT molecular complexity index is 1350. The molecule has 3 amide bonds. The van der Waals surface area contributed by atoms with Gasteiger partial charge in [-0.1, -0.05) is 57.3 Å². The predicted octanol–water partition coefficient (Wildman–Crippen LogP) is 6.97. The molecular weight excluding hydrogens is 574 g/mol. The van der Waals surface area contributed by atoms with E-state index in [-0.39, 0.29) is 18.8 Å². The first-order valence-electron chi connectivity index (χ1n) is 10.9. The Morgan fingerprint density at radius 3 is 2.36 bits per heavy atom. The number of halogens is 4. The Labute approximate surface area is 225 Å². The summed E-state index contributed by atoms with van der Waals surface area (Å²) >= 11 is 15.6. The van der Waals surface area contributed by atoms with Crippen molar-refractivity contribution in [2.45, 2.75) is 20.1 Å². The number of amides is 3. The summed E-state index contributed by atoms with van der Waals surface area (Å²) in [4.78, 5) is 26.4. The van der Waals surface area contributed by atoms with Gasteiger partial charge >= 0.3 is 6.03 Å². The molecule has 10 heteroatoms. The molecule has 4 rings (SSSR count). The molecule has 36 heavy (non-hydrogen) atoms. The zero-order valence-corrected chi connectivity index (χ0v) is 22.1. The third kappa shape index (κ3) is 6.00. The summed E-state index contributed by atoms with van der Waals surface area (Å²) in [5.74, 6) is 0.0641. The van der Waals surface area contributed by atoms with Crippen LogP contribution in [0.4, 0.5) is 9.18 Å². The summed E-state index contributed by atoms with van der Waals surface area (Å²) in [5.41, 5.74) is 2.17. The number of nitrogens with zero attached hydrogens (tertiary/aromatic N) is 1. The van der Waals surface area contributed by atoms with E-state index in [1.165, 1.54) is 24.3 Å². The number of rotatable bonds is 8. The molecule has 0 spiro atoms. The molecule has 0 radical (unpaired) electrons. The van der Waals surface area contributed by atoms with E-state index in [2.05, 4.69) is 21.2 Å². The molecule has 1 N–H and O–H groups in total. The normalized spacial score (nSPS) is 14.4. The summed E-state index contributed by atoms with van der Waals surface area (Å²) in [5, 5.41) is 3.48. The van der Waals surface area contributed by atoms with Crippen molar-refractivity contribution in [3.63, 3.8) is 0 Å². The molecule has 3 aromatic carbocycles. The Balaban J connectivity index is 1.55. The lowest BCUT2D eigenvalue weighted by Crippen LogP contribution is -2.30. The van der Waals surface area contributed by atoms with E-state index in [1.54, 1.807) is 30.3 Å². The highest BCUT2D eigenvalue weighted by Crippen LogP contribution is 2.36. The topological polar surface area (TPSA) is 67.9 Å². The van der Waals surface area contributed by atoms with Crippen LogP contribution in [0.3, 0.4) is 0 Å². The number of imide groups is 1. The van der Waals surface area contributed by atoms with Crippen LogP contribution < -0.4 is 14.8 Å². The molecule has 0 saturated carbocycles. The van der Waals surface area contributed by atoms with E-state index < -0.39 is 17.8 Å². The number of nitrogens with one attached hydrogen (secondary N) is 1. The second kappa shape index (κ2) is 11.3. The molecule has 186 valence electrons. The minimum atomic E-state index is -0.557. The van der Waals surface area contributed by atoms with E-state index in [0.717, 1.165) is 10.5 Å². The van der Waals surface area contributed by atoms with Gasteiger partial charge in [0.05, 0.1) is 23.2 Å². The third-order valence-corrected chi connectivity index (χ3v) is 6.68. The highest BCUT2D eigenvalue weighted by atomic mass is 79.9. The number of benzene rings is 3. The van der Waals surface area contributed by atoms with Crippen molar-refractivity contribution < 1.29 is 23.5 Å². The maximum Gasteiger partial charge on any atom is 0.329 e. The van der Waals surface area contributed by atoms with Gasteiger partial charge in [-0.05, 0) is 66.1 Å². The van der Waals surface area contributed by atoms with Crippen molar-refractivity contribution in [2.75, 3.05) is 6.61 Å². The predicted molar refractivity (Wildman–Crippen MR) is 140 cm³/mol. The van der Waals surface area contributed by atoms with Gasteiger partial charge in [-0.25, -0.2) is 9.18 Å². The minimum Gasteiger partial charge on any atom is -0.490 e. The van der Waals surface area contributed by atoms with Gasteiger partial charge in [0.15, 0.2) is 11.5 Å². The summed E-state index contributed by atoms with van der Waals surface area (Å²) < 4.78 is 25.5. The van der Waals surface area contributed by atoms with Gasteiger partial charge in [-0.15, -0.1) is 0 Å². The van der Waals surface area contributed by atoms with Crippen molar-refractivity contribution in [3.8, 4) is 11.5 Å². The minimum absolute atomic E-state index is 0.0230. The molecular formula is C26H20BrCl2FN2O4. The van der Waals surface area contributed by atoms with Gasteiger partial charge in [0, 0.05) is 4.47 Å². The van der Waals surface area contributed by atoms with E-state index in [9.17, 15) is 14.0 Å². The van der Waals surface area contributed by atoms with Crippen LogP contribution in [0.1, 0.15) is 23.6 Å².